The molecule has 8 heteroatoms. The number of halogens is 2. The van der Waals surface area contributed by atoms with Crippen LogP contribution in [0.2, 0.25) is 10.0 Å². The van der Waals surface area contributed by atoms with E-state index in [4.69, 9.17) is 23.2 Å². The van der Waals surface area contributed by atoms with Gasteiger partial charge in [-0.15, -0.1) is 0 Å². The molecule has 1 heterocycles. The summed E-state index contributed by atoms with van der Waals surface area (Å²) in [4.78, 5) is 27.1. The molecule has 0 unspecified atom stereocenters. The van der Waals surface area contributed by atoms with Crippen molar-refractivity contribution in [2.24, 2.45) is 0 Å². The monoisotopic (exact) mass is 486 g/mol. The summed E-state index contributed by atoms with van der Waals surface area (Å²) < 4.78 is 1.62. The van der Waals surface area contributed by atoms with Crippen LogP contribution in [0.5, 0.6) is 0 Å². The van der Waals surface area contributed by atoms with E-state index in [2.05, 4.69) is 17.3 Å². The third-order valence-corrected chi connectivity index (χ3v) is 5.87. The molecule has 0 saturated heterocycles. The zero-order valence-corrected chi connectivity index (χ0v) is 20.4. The Kier molecular flexibility index (Phi) is 8.92. The predicted molar refractivity (Wildman–Crippen MR) is 134 cm³/mol. The van der Waals surface area contributed by atoms with Crippen molar-refractivity contribution in [2.45, 2.75) is 39.5 Å². The van der Waals surface area contributed by atoms with Gasteiger partial charge in [0.1, 0.15) is 5.82 Å². The van der Waals surface area contributed by atoms with Crippen molar-refractivity contribution in [3.8, 4) is 16.9 Å². The summed E-state index contributed by atoms with van der Waals surface area (Å²) in [5.41, 5.74) is 2.27. The van der Waals surface area contributed by atoms with Crippen LogP contribution >= 0.6 is 23.2 Å². The van der Waals surface area contributed by atoms with Crippen LogP contribution in [0.3, 0.4) is 0 Å². The number of nitrogens with zero attached hydrogens (tertiary/aromatic N) is 3. The fraction of sp³-hybridized carbons (Fsp3) is 0.320. The maximum absolute atomic E-state index is 13.0. The van der Waals surface area contributed by atoms with E-state index in [-0.39, 0.29) is 18.4 Å². The normalized spacial score (nSPS) is 10.8. The van der Waals surface area contributed by atoms with Crippen molar-refractivity contribution in [2.75, 3.05) is 18.4 Å². The first-order valence-electron chi connectivity index (χ1n) is 11.1. The maximum atomic E-state index is 13.0. The molecular formula is C25H28Cl2N4O2. The van der Waals surface area contributed by atoms with Gasteiger partial charge in [-0.05, 0) is 31.0 Å². The van der Waals surface area contributed by atoms with Gasteiger partial charge in [0.2, 0.25) is 11.8 Å². The van der Waals surface area contributed by atoms with E-state index in [1.54, 1.807) is 33.8 Å². The van der Waals surface area contributed by atoms with E-state index in [0.717, 1.165) is 24.8 Å². The Labute approximate surface area is 204 Å². The fourth-order valence-electron chi connectivity index (χ4n) is 3.40. The molecule has 2 aromatic carbocycles. The lowest BCUT2D eigenvalue weighted by atomic mass is 10.1. The fourth-order valence-corrected chi connectivity index (χ4v) is 3.69. The summed E-state index contributed by atoms with van der Waals surface area (Å²) in [5, 5.41) is 8.44. The number of unbranched alkanes of at least 4 members (excludes halogenated alkanes) is 1. The van der Waals surface area contributed by atoms with E-state index >= 15 is 0 Å². The van der Waals surface area contributed by atoms with Gasteiger partial charge in [-0.2, -0.15) is 5.10 Å². The van der Waals surface area contributed by atoms with Crippen LogP contribution in [0.4, 0.5) is 5.82 Å². The van der Waals surface area contributed by atoms with Crippen LogP contribution in [0.15, 0.2) is 54.6 Å². The summed E-state index contributed by atoms with van der Waals surface area (Å²) >= 11 is 12.3. The molecule has 0 aliphatic carbocycles. The lowest BCUT2D eigenvalue weighted by molar-refractivity contribution is -0.134. The van der Waals surface area contributed by atoms with Gasteiger partial charge in [0.15, 0.2) is 0 Å². The number of benzene rings is 2. The van der Waals surface area contributed by atoms with Gasteiger partial charge in [-0.1, -0.05) is 73.8 Å². The average molecular weight is 487 g/mol. The maximum Gasteiger partial charge on any atom is 0.245 e. The third-order valence-electron chi connectivity index (χ3n) is 5.13. The average Bonchev–Trinajstić information content (AvgIpc) is 3.22. The first kappa shape index (κ1) is 24.8. The second kappa shape index (κ2) is 11.9. The summed E-state index contributed by atoms with van der Waals surface area (Å²) in [7, 11) is 0. The molecule has 2 amide bonds. The van der Waals surface area contributed by atoms with Crippen LogP contribution in [-0.2, 0) is 9.59 Å². The molecule has 1 aromatic heterocycles. The number of amides is 2. The minimum absolute atomic E-state index is 0.00788. The minimum atomic E-state index is -0.281. The standard InChI is InChI=1S/C25H28Cl2N4O2/c1-3-5-14-30(25(33)9-4-2)17-24(32)28-23-16-22(18-10-7-6-8-11-18)29-31(23)19-12-13-20(26)21(27)15-19/h6-8,10-13,15-16H,3-5,9,14,17H2,1-2H3,(H,28,32). The van der Waals surface area contributed by atoms with Crippen molar-refractivity contribution in [1.29, 1.82) is 0 Å². The van der Waals surface area contributed by atoms with Crippen LogP contribution in [0, 0.1) is 0 Å². The summed E-state index contributed by atoms with van der Waals surface area (Å²) in [5.74, 6) is 0.191. The molecule has 0 aliphatic rings. The lowest BCUT2D eigenvalue weighted by Crippen LogP contribution is -2.38. The highest BCUT2D eigenvalue weighted by molar-refractivity contribution is 6.42. The number of hydrogen-bond acceptors (Lipinski definition) is 3. The number of carbonyl (C=O) groups is 2. The predicted octanol–water partition coefficient (Wildman–Crippen LogP) is 6.21. The van der Waals surface area contributed by atoms with Gasteiger partial charge in [-0.3, -0.25) is 9.59 Å². The Morgan fingerprint density at radius 1 is 1.00 bits per heavy atom. The first-order valence-corrected chi connectivity index (χ1v) is 11.9. The molecule has 1 N–H and O–H groups in total. The molecule has 33 heavy (non-hydrogen) atoms. The van der Waals surface area contributed by atoms with Crippen molar-refractivity contribution in [3.05, 3.63) is 64.6 Å². The van der Waals surface area contributed by atoms with Crippen molar-refractivity contribution >= 4 is 40.8 Å². The van der Waals surface area contributed by atoms with Crippen molar-refractivity contribution in [1.82, 2.24) is 14.7 Å². The van der Waals surface area contributed by atoms with E-state index < -0.39 is 0 Å². The van der Waals surface area contributed by atoms with E-state index in [1.165, 1.54) is 0 Å². The van der Waals surface area contributed by atoms with Gasteiger partial charge < -0.3 is 10.2 Å². The summed E-state index contributed by atoms with van der Waals surface area (Å²) in [6.07, 6.45) is 2.97. The Morgan fingerprint density at radius 2 is 1.76 bits per heavy atom. The van der Waals surface area contributed by atoms with Crippen molar-refractivity contribution < 1.29 is 9.59 Å². The lowest BCUT2D eigenvalue weighted by Gasteiger charge is -2.22. The molecule has 0 fully saturated rings. The van der Waals surface area contributed by atoms with Gasteiger partial charge in [0.05, 0.1) is 28.0 Å². The van der Waals surface area contributed by atoms with Crippen molar-refractivity contribution in [3.63, 3.8) is 0 Å². The van der Waals surface area contributed by atoms with Gasteiger partial charge in [0, 0.05) is 24.6 Å². The minimum Gasteiger partial charge on any atom is -0.333 e. The quantitative estimate of drug-likeness (QED) is 0.370. The molecule has 0 radical (unpaired) electrons. The number of nitrogens with one attached hydrogen (secondary N) is 1. The first-order chi connectivity index (χ1) is 15.9. The molecule has 0 bridgehead atoms. The molecule has 0 atom stereocenters. The smallest absolute Gasteiger partial charge is 0.245 e. The number of rotatable bonds is 10. The van der Waals surface area contributed by atoms with E-state index in [9.17, 15) is 9.59 Å². The molecule has 0 saturated carbocycles. The number of anilines is 1. The Bertz CT molecular complexity index is 1100. The third kappa shape index (κ3) is 6.59. The Balaban J connectivity index is 1.90. The summed E-state index contributed by atoms with van der Waals surface area (Å²) in [6.45, 7) is 4.57. The molecule has 174 valence electrons. The Hall–Kier alpha value is -2.83. The SMILES string of the molecule is CCCCN(CC(=O)Nc1cc(-c2ccccc2)nn1-c1ccc(Cl)c(Cl)c1)C(=O)CCC. The second-order valence-corrected chi connectivity index (χ2v) is 8.57. The highest BCUT2D eigenvalue weighted by atomic mass is 35.5. The number of aromatic nitrogens is 2. The number of carbonyl (C=O) groups excluding carboxylic acids is 2. The zero-order chi connectivity index (χ0) is 23.8. The van der Waals surface area contributed by atoms with Gasteiger partial charge in [0.25, 0.3) is 0 Å². The van der Waals surface area contributed by atoms with Crippen LogP contribution in [-0.4, -0.2) is 39.6 Å². The number of hydrogen-bond donors (Lipinski definition) is 1. The second-order valence-electron chi connectivity index (χ2n) is 7.76. The molecule has 0 aliphatic heterocycles. The molecule has 6 nitrogen and oxygen atoms in total. The van der Waals surface area contributed by atoms with E-state index in [1.807, 2.05) is 37.3 Å². The highest BCUT2D eigenvalue weighted by Gasteiger charge is 2.19. The van der Waals surface area contributed by atoms with Gasteiger partial charge in [-0.25, -0.2) is 4.68 Å². The van der Waals surface area contributed by atoms with E-state index in [0.29, 0.717) is 40.2 Å². The summed E-state index contributed by atoms with van der Waals surface area (Å²) in [6, 6.07) is 16.6. The van der Waals surface area contributed by atoms with Crippen LogP contribution in [0.1, 0.15) is 39.5 Å². The highest BCUT2D eigenvalue weighted by Crippen LogP contribution is 2.29. The Morgan fingerprint density at radius 3 is 2.42 bits per heavy atom. The largest absolute Gasteiger partial charge is 0.333 e. The molecular weight excluding hydrogens is 459 g/mol. The zero-order valence-electron chi connectivity index (χ0n) is 18.9. The molecule has 3 aromatic rings. The van der Waals surface area contributed by atoms with Crippen LogP contribution < -0.4 is 5.32 Å². The topological polar surface area (TPSA) is 67.2 Å². The molecule has 0 spiro atoms. The van der Waals surface area contributed by atoms with Crippen LogP contribution in [0.25, 0.3) is 16.9 Å². The van der Waals surface area contributed by atoms with Gasteiger partial charge >= 0.3 is 0 Å². The molecule has 3 rings (SSSR count).